The van der Waals surface area contributed by atoms with Crippen LogP contribution in [0.1, 0.15) is 146 Å². The Bertz CT molecular complexity index is 1830. The molecule has 0 aromatic heterocycles. The molecule has 0 bridgehead atoms. The van der Waals surface area contributed by atoms with Gasteiger partial charge in [0.15, 0.2) is 5.78 Å². The molecule has 0 aromatic rings. The second-order valence-electron chi connectivity index (χ2n) is 21.1. The molecule has 1 saturated carbocycles. The largest absolute Gasteiger partial charge is 0.464 e. The third kappa shape index (κ3) is 19.4. The SMILES string of the molecule is CCCCOC1CC[C@@H](C[C@@H](C)COC(=O)C2CCCCN2C(=O)C(=O)C2(O)O[C@H](C[C@H](OCCOC)/C(C)=C/C=C/C=C[C@@H](C)CC(C)C(=O)[C@H](OC)C(O)/C(C)=C/[C@@H](C)C(C)=O)CCC2C)C[C@H]1OC. The van der Waals surface area contributed by atoms with Gasteiger partial charge < -0.3 is 48.3 Å². The van der Waals surface area contributed by atoms with Gasteiger partial charge in [-0.15, -0.1) is 0 Å². The number of aliphatic hydroxyl groups excluding tert-OH is 1. The second-order valence-corrected chi connectivity index (χ2v) is 21.1. The van der Waals surface area contributed by atoms with Crippen molar-refractivity contribution in [2.75, 3.05) is 54.3 Å². The van der Waals surface area contributed by atoms with E-state index in [0.29, 0.717) is 69.7 Å². The van der Waals surface area contributed by atoms with Crippen LogP contribution in [0.3, 0.4) is 0 Å². The number of carbonyl (C=O) groups is 5. The number of piperidine rings is 1. The van der Waals surface area contributed by atoms with E-state index < -0.39 is 65.7 Å². The first kappa shape index (κ1) is 62.9. The van der Waals surface area contributed by atoms with Gasteiger partial charge in [0.1, 0.15) is 24.0 Å². The second kappa shape index (κ2) is 32.1. The quantitative estimate of drug-likeness (QED) is 0.0222. The maximum Gasteiger partial charge on any atom is 0.328 e. The zero-order chi connectivity index (χ0) is 53.5. The highest BCUT2D eigenvalue weighted by atomic mass is 16.6. The van der Waals surface area contributed by atoms with E-state index in [-0.39, 0.29) is 54.7 Å². The van der Waals surface area contributed by atoms with E-state index >= 15 is 0 Å². The van der Waals surface area contributed by atoms with Gasteiger partial charge in [0, 0.05) is 58.7 Å². The van der Waals surface area contributed by atoms with Crippen LogP contribution in [0.4, 0.5) is 0 Å². The number of carbonyl (C=O) groups excluding carboxylic acids is 5. The number of rotatable bonds is 31. The summed E-state index contributed by atoms with van der Waals surface area (Å²) in [6.45, 7) is 18.4. The Hall–Kier alpha value is -3.41. The third-order valence-corrected chi connectivity index (χ3v) is 15.0. The molecule has 0 radical (unpaired) electrons. The molecule has 2 aliphatic heterocycles. The van der Waals surface area contributed by atoms with E-state index in [1.165, 1.54) is 18.9 Å². The molecule has 3 fully saturated rings. The van der Waals surface area contributed by atoms with Crippen molar-refractivity contribution in [1.29, 1.82) is 0 Å². The van der Waals surface area contributed by atoms with E-state index in [1.54, 1.807) is 41.1 Å². The molecule has 3 aliphatic rings. The number of hydrogen-bond donors (Lipinski definition) is 2. The van der Waals surface area contributed by atoms with Crippen LogP contribution < -0.4 is 0 Å². The van der Waals surface area contributed by atoms with Crippen LogP contribution in [0.2, 0.25) is 0 Å². The van der Waals surface area contributed by atoms with Crippen molar-refractivity contribution in [2.24, 2.45) is 35.5 Å². The average molecular weight is 1020 g/mol. The Morgan fingerprint density at radius 2 is 1.60 bits per heavy atom. The number of unbranched alkanes of at least 4 members (excludes halogenated alkanes) is 1. The first-order valence-corrected chi connectivity index (χ1v) is 26.8. The monoisotopic (exact) mass is 1020 g/mol. The number of methoxy groups -OCH3 is 3. The number of allylic oxidation sites excluding steroid dienone is 6. The van der Waals surface area contributed by atoms with Crippen LogP contribution in [0.5, 0.6) is 0 Å². The minimum absolute atomic E-state index is 0.0296. The maximum atomic E-state index is 14.1. The van der Waals surface area contributed by atoms with Gasteiger partial charge in [-0.05, 0) is 120 Å². The molecular formula is C57H93NO14. The fourth-order valence-electron chi connectivity index (χ4n) is 10.2. The lowest BCUT2D eigenvalue weighted by atomic mass is 9.80. The molecule has 14 atom stereocenters. The number of nitrogens with zero attached hydrogens (tertiary/aromatic N) is 1. The van der Waals surface area contributed by atoms with Crippen molar-refractivity contribution < 1.29 is 67.3 Å². The van der Waals surface area contributed by atoms with Crippen molar-refractivity contribution in [3.8, 4) is 0 Å². The highest BCUT2D eigenvalue weighted by molar-refractivity contribution is 6.39. The maximum absolute atomic E-state index is 14.1. The summed E-state index contributed by atoms with van der Waals surface area (Å²) in [6, 6.07) is -0.935. The number of hydrogen-bond acceptors (Lipinski definition) is 14. The summed E-state index contributed by atoms with van der Waals surface area (Å²) in [5.41, 5.74) is 1.38. The molecule has 2 saturated heterocycles. The molecule has 2 N–H and O–H groups in total. The Labute approximate surface area is 431 Å². The minimum Gasteiger partial charge on any atom is -0.464 e. The summed E-state index contributed by atoms with van der Waals surface area (Å²) in [4.78, 5) is 68.2. The molecule has 1 aliphatic carbocycles. The summed E-state index contributed by atoms with van der Waals surface area (Å²) >= 11 is 0. The van der Waals surface area contributed by atoms with Gasteiger partial charge in [0.05, 0.1) is 44.2 Å². The molecule has 0 aromatic carbocycles. The van der Waals surface area contributed by atoms with Crippen LogP contribution in [0.15, 0.2) is 47.6 Å². The molecule has 410 valence electrons. The summed E-state index contributed by atoms with van der Waals surface area (Å²) in [6.07, 6.45) is 17.4. The molecule has 2 heterocycles. The van der Waals surface area contributed by atoms with Crippen molar-refractivity contribution in [3.05, 3.63) is 47.6 Å². The Morgan fingerprint density at radius 1 is 0.861 bits per heavy atom. The van der Waals surface area contributed by atoms with E-state index in [0.717, 1.165) is 50.7 Å². The summed E-state index contributed by atoms with van der Waals surface area (Å²) in [5, 5.41) is 22.9. The summed E-state index contributed by atoms with van der Waals surface area (Å²) in [5.74, 6) is -6.14. The van der Waals surface area contributed by atoms with Crippen LogP contribution >= 0.6 is 0 Å². The Balaban J connectivity index is 1.61. The van der Waals surface area contributed by atoms with Crippen molar-refractivity contribution in [1.82, 2.24) is 4.90 Å². The smallest absolute Gasteiger partial charge is 0.328 e. The van der Waals surface area contributed by atoms with Crippen LogP contribution in [-0.4, -0.2) is 147 Å². The number of esters is 1. The predicted octanol–water partition coefficient (Wildman–Crippen LogP) is 8.27. The lowest BCUT2D eigenvalue weighted by Gasteiger charge is -2.42. The Kier molecular flexibility index (Phi) is 28.1. The molecule has 15 heteroatoms. The van der Waals surface area contributed by atoms with Crippen molar-refractivity contribution in [2.45, 2.75) is 194 Å². The summed E-state index contributed by atoms with van der Waals surface area (Å²) < 4.78 is 40.9. The van der Waals surface area contributed by atoms with Gasteiger partial charge in [0.2, 0.25) is 5.79 Å². The molecule has 6 unspecified atom stereocenters. The lowest BCUT2D eigenvalue weighted by Crippen LogP contribution is -2.60. The topological polar surface area (TPSA) is 194 Å². The first-order valence-electron chi connectivity index (χ1n) is 26.8. The zero-order valence-corrected chi connectivity index (χ0v) is 45.9. The molecule has 3 rings (SSSR count). The zero-order valence-electron chi connectivity index (χ0n) is 45.9. The fraction of sp³-hybridized carbons (Fsp3) is 0.772. The molecule has 0 spiro atoms. The fourth-order valence-corrected chi connectivity index (χ4v) is 10.2. The van der Waals surface area contributed by atoms with E-state index in [1.807, 2.05) is 51.2 Å². The van der Waals surface area contributed by atoms with Crippen molar-refractivity contribution in [3.63, 3.8) is 0 Å². The predicted molar refractivity (Wildman–Crippen MR) is 277 cm³/mol. The van der Waals surface area contributed by atoms with Gasteiger partial charge in [-0.2, -0.15) is 0 Å². The number of ether oxygens (including phenoxy) is 7. The molecule has 15 nitrogen and oxygen atoms in total. The number of ketones is 3. The van der Waals surface area contributed by atoms with Crippen LogP contribution in [0, 0.1) is 35.5 Å². The van der Waals surface area contributed by atoms with E-state index in [2.05, 4.69) is 13.8 Å². The lowest BCUT2D eigenvalue weighted by molar-refractivity contribution is -0.266. The van der Waals surface area contributed by atoms with Gasteiger partial charge in [-0.1, -0.05) is 84.4 Å². The van der Waals surface area contributed by atoms with Gasteiger partial charge in [-0.25, -0.2) is 4.79 Å². The van der Waals surface area contributed by atoms with E-state index in [9.17, 15) is 34.2 Å². The minimum atomic E-state index is -2.39. The number of amides is 1. The van der Waals surface area contributed by atoms with Gasteiger partial charge in [0.25, 0.3) is 11.7 Å². The van der Waals surface area contributed by atoms with Crippen LogP contribution in [-0.2, 0) is 57.1 Å². The average Bonchev–Trinajstić information content (AvgIpc) is 3.36. The van der Waals surface area contributed by atoms with Gasteiger partial charge >= 0.3 is 5.97 Å². The normalized spacial score (nSPS) is 27.5. The Morgan fingerprint density at radius 3 is 2.26 bits per heavy atom. The van der Waals surface area contributed by atoms with Gasteiger partial charge in [-0.3, -0.25) is 19.2 Å². The number of aliphatic hydroxyl groups is 2. The van der Waals surface area contributed by atoms with Crippen LogP contribution in [0.25, 0.3) is 0 Å². The highest BCUT2D eigenvalue weighted by Crippen LogP contribution is 2.37. The first-order chi connectivity index (χ1) is 34.2. The molecular weight excluding hydrogens is 923 g/mol. The standard InChI is InChI=1S/C57H93NO14/c1-13-14-28-69-48-26-24-45(34-50(48)67-11)32-38(3)36-71-56(64)47-22-18-19-27-58(47)55(63)54(62)57(65)43(8)23-25-46(72-57)35-49(70-30-29-66-10)39(4)21-17-15-16-20-37(2)31-41(6)51(60)53(68-12)52(61)42(7)33-40(5)44(9)59/h15-17,20-21,33,37-38,40-41,43,45-50,52-53,61,65H,13-14,18-19,22-32,34-36H2,1-12H3/b17-15+,20-16?,39-21+,42-33+/t37-,38-,40-,41?,43?,45+,46+,47?,48?,49+,50-,52?,53+,57?/m1/s1. The molecule has 72 heavy (non-hydrogen) atoms. The highest BCUT2D eigenvalue weighted by Gasteiger charge is 2.53. The number of likely N-dealkylation sites (tertiary alicyclic amines) is 1. The summed E-state index contributed by atoms with van der Waals surface area (Å²) in [7, 11) is 4.72. The van der Waals surface area contributed by atoms with Crippen molar-refractivity contribution >= 4 is 29.2 Å². The number of Topliss-reactive ketones (excluding diaryl/α,β-unsaturated/α-hetero) is 3. The molecule has 1 amide bonds. The van der Waals surface area contributed by atoms with E-state index in [4.69, 9.17) is 33.2 Å². The third-order valence-electron chi connectivity index (χ3n) is 15.0.